The number of pyridine rings is 1. The molecule has 4 rings (SSSR count). The van der Waals surface area contributed by atoms with E-state index in [1.807, 2.05) is 6.07 Å². The lowest BCUT2D eigenvalue weighted by Crippen LogP contribution is -2.43. The molecular formula is C22H22FN3O4S. The average Bonchev–Trinajstić information content (AvgIpc) is 3.17. The molecule has 0 bridgehead atoms. The van der Waals surface area contributed by atoms with E-state index >= 15 is 0 Å². The van der Waals surface area contributed by atoms with Crippen LogP contribution in [0.5, 0.6) is 0 Å². The zero-order valence-electron chi connectivity index (χ0n) is 16.7. The molecule has 2 aromatic heterocycles. The average molecular weight is 444 g/mol. The van der Waals surface area contributed by atoms with Crippen molar-refractivity contribution in [3.8, 4) is 0 Å². The number of amides is 2. The number of halogens is 1. The molecule has 1 fully saturated rings. The first kappa shape index (κ1) is 21.4. The maximum absolute atomic E-state index is 13.5. The molecule has 1 saturated heterocycles. The number of rotatable bonds is 6. The Morgan fingerprint density at radius 3 is 3.00 bits per heavy atom. The minimum Gasteiger partial charge on any atom is -0.395 e. The summed E-state index contributed by atoms with van der Waals surface area (Å²) >= 11 is 1.26. The van der Waals surface area contributed by atoms with Gasteiger partial charge < -0.3 is 20.1 Å². The van der Waals surface area contributed by atoms with Crippen molar-refractivity contribution in [1.82, 2.24) is 15.2 Å². The first-order valence-corrected chi connectivity index (χ1v) is 10.8. The number of nitrogens with one attached hydrogen (secondary N) is 1. The maximum atomic E-state index is 13.5. The second-order valence-electron chi connectivity index (χ2n) is 7.19. The van der Waals surface area contributed by atoms with E-state index in [1.54, 1.807) is 29.3 Å². The van der Waals surface area contributed by atoms with Crippen LogP contribution in [-0.4, -0.2) is 59.7 Å². The van der Waals surface area contributed by atoms with Gasteiger partial charge in [0.05, 0.1) is 26.2 Å². The van der Waals surface area contributed by atoms with Crippen LogP contribution in [-0.2, 0) is 16.0 Å². The predicted octanol–water partition coefficient (Wildman–Crippen LogP) is 2.30. The molecule has 31 heavy (non-hydrogen) atoms. The molecule has 1 atom stereocenters. The molecule has 0 unspecified atom stereocenters. The van der Waals surface area contributed by atoms with E-state index in [-0.39, 0.29) is 43.7 Å². The van der Waals surface area contributed by atoms with Crippen molar-refractivity contribution in [2.24, 2.45) is 0 Å². The van der Waals surface area contributed by atoms with Gasteiger partial charge in [0.25, 0.3) is 5.91 Å². The number of aromatic nitrogens is 1. The summed E-state index contributed by atoms with van der Waals surface area (Å²) in [5.74, 6) is -0.803. The third-order valence-corrected chi connectivity index (χ3v) is 6.22. The van der Waals surface area contributed by atoms with E-state index in [9.17, 15) is 14.0 Å². The molecule has 162 valence electrons. The number of morpholine rings is 1. The highest BCUT2D eigenvalue weighted by Gasteiger charge is 2.31. The van der Waals surface area contributed by atoms with Crippen molar-refractivity contribution < 1.29 is 23.8 Å². The van der Waals surface area contributed by atoms with Crippen LogP contribution in [0.1, 0.15) is 26.9 Å². The van der Waals surface area contributed by atoms with Gasteiger partial charge in [0, 0.05) is 30.2 Å². The Bertz CT molecular complexity index is 1100. The Morgan fingerprint density at radius 1 is 1.32 bits per heavy atom. The number of thiophene rings is 1. The highest BCUT2D eigenvalue weighted by Crippen LogP contribution is 2.37. The van der Waals surface area contributed by atoms with Crippen LogP contribution in [0.25, 0.3) is 10.2 Å². The van der Waals surface area contributed by atoms with E-state index in [1.165, 1.54) is 23.5 Å². The lowest BCUT2D eigenvalue weighted by atomic mass is 10.0. The fraction of sp³-hybridized carbons (Fsp3) is 0.318. The second-order valence-corrected chi connectivity index (χ2v) is 8.19. The van der Waals surface area contributed by atoms with Crippen LogP contribution in [0.4, 0.5) is 4.39 Å². The Labute approximate surface area is 182 Å². The lowest BCUT2D eigenvalue weighted by molar-refractivity contribution is -0.138. The zero-order valence-corrected chi connectivity index (χ0v) is 17.5. The molecule has 1 aliphatic heterocycles. The monoisotopic (exact) mass is 443 g/mol. The summed E-state index contributed by atoms with van der Waals surface area (Å²) in [5, 5.41) is 12.5. The normalized spacial score (nSPS) is 16.5. The molecule has 7 nitrogen and oxygen atoms in total. The maximum Gasteiger partial charge on any atom is 0.261 e. The van der Waals surface area contributed by atoms with E-state index in [2.05, 4.69) is 10.3 Å². The first-order chi connectivity index (χ1) is 15.1. The number of nitrogens with zero attached hydrogens (tertiary/aromatic N) is 2. The Morgan fingerprint density at radius 2 is 2.19 bits per heavy atom. The van der Waals surface area contributed by atoms with Gasteiger partial charge in [-0.2, -0.15) is 0 Å². The van der Waals surface area contributed by atoms with Gasteiger partial charge >= 0.3 is 0 Å². The van der Waals surface area contributed by atoms with Crippen molar-refractivity contribution in [2.75, 3.05) is 32.8 Å². The fourth-order valence-corrected chi connectivity index (χ4v) is 4.78. The summed E-state index contributed by atoms with van der Waals surface area (Å²) in [6.07, 6.45) is 1.27. The number of hydrogen-bond donors (Lipinski definition) is 2. The van der Waals surface area contributed by atoms with Gasteiger partial charge in [-0.05, 0) is 23.8 Å². The van der Waals surface area contributed by atoms with Crippen LogP contribution in [0.3, 0.4) is 0 Å². The molecule has 1 aliphatic rings. The van der Waals surface area contributed by atoms with Gasteiger partial charge in [-0.15, -0.1) is 11.3 Å². The summed E-state index contributed by atoms with van der Waals surface area (Å²) in [7, 11) is 0. The van der Waals surface area contributed by atoms with Gasteiger partial charge in [0.15, 0.2) is 0 Å². The molecule has 2 N–H and O–H groups in total. The van der Waals surface area contributed by atoms with Crippen molar-refractivity contribution in [2.45, 2.75) is 12.5 Å². The summed E-state index contributed by atoms with van der Waals surface area (Å²) < 4.78 is 19.4. The van der Waals surface area contributed by atoms with Crippen molar-refractivity contribution in [1.29, 1.82) is 0 Å². The number of carbonyl (C=O) groups is 2. The summed E-state index contributed by atoms with van der Waals surface area (Å²) in [6.45, 7) is 1.03. The van der Waals surface area contributed by atoms with E-state index in [4.69, 9.17) is 9.84 Å². The zero-order chi connectivity index (χ0) is 21.8. The Balaban J connectivity index is 1.59. The number of ether oxygens (including phenoxy) is 1. The van der Waals surface area contributed by atoms with Gasteiger partial charge in [-0.3, -0.25) is 9.59 Å². The SMILES string of the molecule is O=C(NCCO)c1sc2ncccc2c1[C@@H]1CN(C(=O)Cc2cccc(F)c2)CCO1. The van der Waals surface area contributed by atoms with Crippen LogP contribution in [0.15, 0.2) is 42.6 Å². The van der Waals surface area contributed by atoms with Gasteiger partial charge in [0.1, 0.15) is 21.6 Å². The highest BCUT2D eigenvalue weighted by molar-refractivity contribution is 7.20. The Kier molecular flexibility index (Phi) is 6.55. The van der Waals surface area contributed by atoms with Crippen LogP contribution in [0, 0.1) is 5.82 Å². The molecule has 3 heterocycles. The van der Waals surface area contributed by atoms with E-state index in [0.29, 0.717) is 34.0 Å². The van der Waals surface area contributed by atoms with Crippen LogP contribution < -0.4 is 5.32 Å². The number of hydrogen-bond acceptors (Lipinski definition) is 6. The first-order valence-electron chi connectivity index (χ1n) is 9.97. The molecule has 3 aromatic rings. The van der Waals surface area contributed by atoms with Crippen LogP contribution in [0.2, 0.25) is 0 Å². The fourth-order valence-electron chi connectivity index (χ4n) is 3.67. The van der Waals surface area contributed by atoms with E-state index < -0.39 is 6.10 Å². The summed E-state index contributed by atoms with van der Waals surface area (Å²) in [5.41, 5.74) is 1.31. The van der Waals surface area contributed by atoms with Crippen molar-refractivity contribution >= 4 is 33.4 Å². The third-order valence-electron chi connectivity index (χ3n) is 5.09. The molecule has 9 heteroatoms. The topological polar surface area (TPSA) is 91.8 Å². The number of fused-ring (bicyclic) bond motifs is 1. The molecule has 0 radical (unpaired) electrons. The number of carbonyl (C=O) groups excluding carboxylic acids is 2. The molecule has 2 amide bonds. The molecule has 0 spiro atoms. The highest BCUT2D eigenvalue weighted by atomic mass is 32.1. The minimum absolute atomic E-state index is 0.0975. The number of aliphatic hydroxyl groups is 1. The van der Waals surface area contributed by atoms with Gasteiger partial charge in [0.2, 0.25) is 5.91 Å². The standard InChI is InChI=1S/C22H22FN3O4S/c23-15-4-1-3-14(11-15)12-18(28)26-8-10-30-17(13-26)19-16-5-2-6-25-22(16)31-20(19)21(29)24-7-9-27/h1-6,11,17,27H,7-10,12-13H2,(H,24,29)/t17-/m0/s1. The lowest BCUT2D eigenvalue weighted by Gasteiger charge is -2.33. The quantitative estimate of drug-likeness (QED) is 0.610. The summed E-state index contributed by atoms with van der Waals surface area (Å²) in [6, 6.07) is 9.69. The van der Waals surface area contributed by atoms with Gasteiger partial charge in [-0.1, -0.05) is 18.2 Å². The minimum atomic E-state index is -0.488. The third kappa shape index (κ3) is 4.73. The molecule has 0 saturated carbocycles. The van der Waals surface area contributed by atoms with Crippen molar-refractivity contribution in [3.63, 3.8) is 0 Å². The van der Waals surface area contributed by atoms with Crippen molar-refractivity contribution in [3.05, 3.63) is 64.4 Å². The Hall–Kier alpha value is -2.88. The number of aliphatic hydroxyl groups excluding tert-OH is 1. The summed E-state index contributed by atoms with van der Waals surface area (Å²) in [4.78, 5) is 32.8. The largest absolute Gasteiger partial charge is 0.395 e. The molecule has 0 aliphatic carbocycles. The molecular weight excluding hydrogens is 421 g/mol. The molecule has 1 aromatic carbocycles. The smallest absolute Gasteiger partial charge is 0.261 e. The van der Waals surface area contributed by atoms with Gasteiger partial charge in [-0.25, -0.2) is 9.37 Å². The number of benzene rings is 1. The second kappa shape index (κ2) is 9.51. The van der Waals surface area contributed by atoms with Crippen LogP contribution >= 0.6 is 11.3 Å². The predicted molar refractivity (Wildman–Crippen MR) is 114 cm³/mol. The van der Waals surface area contributed by atoms with E-state index in [0.717, 1.165) is 5.39 Å².